The summed E-state index contributed by atoms with van der Waals surface area (Å²) < 4.78 is 0. The van der Waals surface area contributed by atoms with Crippen molar-refractivity contribution in [3.63, 3.8) is 0 Å². The van der Waals surface area contributed by atoms with Gasteiger partial charge < -0.3 is 0 Å². The number of fused-ring (bicyclic) bond motifs is 1. The molecule has 2 aliphatic carbocycles. The molecule has 0 aromatic heterocycles. The second kappa shape index (κ2) is 6.03. The predicted molar refractivity (Wildman–Crippen MR) is 85.5 cm³/mol. The first-order chi connectivity index (χ1) is 9.36. The maximum atomic E-state index is 12.2. The molecule has 114 valence electrons. The van der Waals surface area contributed by atoms with Crippen molar-refractivity contribution in [1.82, 2.24) is 0 Å². The van der Waals surface area contributed by atoms with Crippen molar-refractivity contribution in [2.24, 2.45) is 35.0 Å². The van der Waals surface area contributed by atoms with E-state index in [9.17, 15) is 4.79 Å². The van der Waals surface area contributed by atoms with Gasteiger partial charge in [0.1, 0.15) is 5.78 Å². The number of Topliss-reactive ketones (excluding diaryl/α,β-unsaturated/α-hetero) is 1. The summed E-state index contributed by atoms with van der Waals surface area (Å²) in [4.78, 5) is 12.2. The van der Waals surface area contributed by atoms with Crippen LogP contribution in [0.5, 0.6) is 0 Å². The van der Waals surface area contributed by atoms with Crippen molar-refractivity contribution in [1.29, 1.82) is 0 Å². The summed E-state index contributed by atoms with van der Waals surface area (Å²) in [5.41, 5.74) is 0.278. The Morgan fingerprint density at radius 1 is 1.15 bits per heavy atom. The number of rotatable bonds is 4. The lowest BCUT2D eigenvalue weighted by Crippen LogP contribution is -2.39. The van der Waals surface area contributed by atoms with Crippen molar-refractivity contribution in [3.8, 4) is 0 Å². The number of hydrogen-bond donors (Lipinski definition) is 0. The van der Waals surface area contributed by atoms with Crippen LogP contribution in [-0.4, -0.2) is 5.78 Å². The fourth-order valence-electron chi connectivity index (χ4n) is 4.54. The van der Waals surface area contributed by atoms with E-state index in [-0.39, 0.29) is 5.41 Å². The minimum atomic E-state index is 0.278. The Morgan fingerprint density at radius 3 is 2.50 bits per heavy atom. The zero-order valence-electron chi connectivity index (χ0n) is 14.0. The average Bonchev–Trinajstić information content (AvgIpc) is 2.74. The molecule has 0 aliphatic heterocycles. The summed E-state index contributed by atoms with van der Waals surface area (Å²) in [6.07, 6.45) is 10.4. The summed E-state index contributed by atoms with van der Waals surface area (Å²) in [5, 5.41) is 0. The van der Waals surface area contributed by atoms with Gasteiger partial charge in [0.25, 0.3) is 0 Å². The van der Waals surface area contributed by atoms with Gasteiger partial charge in [-0.05, 0) is 54.8 Å². The van der Waals surface area contributed by atoms with Gasteiger partial charge in [0, 0.05) is 12.3 Å². The number of allylic oxidation sites excluding steroid dienone is 2. The van der Waals surface area contributed by atoms with E-state index >= 15 is 0 Å². The molecule has 0 N–H and O–H groups in total. The first-order valence-corrected chi connectivity index (χ1v) is 8.57. The molecule has 5 atom stereocenters. The molecule has 2 fully saturated rings. The first-order valence-electron chi connectivity index (χ1n) is 8.57. The van der Waals surface area contributed by atoms with E-state index in [0.29, 0.717) is 35.4 Å². The highest BCUT2D eigenvalue weighted by Gasteiger charge is 2.51. The van der Waals surface area contributed by atoms with E-state index in [2.05, 4.69) is 46.8 Å². The lowest BCUT2D eigenvalue weighted by Gasteiger charge is -2.41. The molecule has 0 amide bonds. The van der Waals surface area contributed by atoms with Gasteiger partial charge in [-0.3, -0.25) is 4.79 Å². The van der Waals surface area contributed by atoms with Crippen LogP contribution in [0, 0.1) is 35.0 Å². The maximum Gasteiger partial charge on any atom is 0.136 e. The second-order valence-corrected chi connectivity index (χ2v) is 7.91. The molecule has 2 aliphatic rings. The topological polar surface area (TPSA) is 17.1 Å². The Bertz CT molecular complexity index is 381. The summed E-state index contributed by atoms with van der Waals surface area (Å²) in [5.74, 6) is 3.58. The van der Waals surface area contributed by atoms with E-state index in [1.807, 2.05) is 0 Å². The molecular formula is C19H32O. The fraction of sp³-hybridized carbons (Fsp3) is 0.842. The number of ketones is 1. The third kappa shape index (κ3) is 2.87. The lowest BCUT2D eigenvalue weighted by atomic mass is 9.62. The monoisotopic (exact) mass is 276 g/mol. The van der Waals surface area contributed by atoms with E-state index in [1.54, 1.807) is 0 Å². The van der Waals surface area contributed by atoms with Gasteiger partial charge in [-0.1, -0.05) is 46.8 Å². The predicted octanol–water partition coefficient (Wildman–Crippen LogP) is 5.26. The van der Waals surface area contributed by atoms with Gasteiger partial charge >= 0.3 is 0 Å². The molecule has 20 heavy (non-hydrogen) atoms. The van der Waals surface area contributed by atoms with E-state index in [4.69, 9.17) is 0 Å². The van der Waals surface area contributed by atoms with E-state index < -0.39 is 0 Å². The van der Waals surface area contributed by atoms with Gasteiger partial charge in [0.15, 0.2) is 0 Å². The van der Waals surface area contributed by atoms with Crippen molar-refractivity contribution in [2.75, 3.05) is 0 Å². The molecule has 1 nitrogen and oxygen atoms in total. The van der Waals surface area contributed by atoms with Gasteiger partial charge in [0.05, 0.1) is 0 Å². The molecule has 0 heterocycles. The van der Waals surface area contributed by atoms with E-state index in [0.717, 1.165) is 19.3 Å². The Hall–Kier alpha value is -0.590. The molecule has 0 spiro atoms. The zero-order valence-corrected chi connectivity index (χ0v) is 14.0. The minimum absolute atomic E-state index is 0.278. The molecule has 0 aromatic rings. The largest absolute Gasteiger partial charge is 0.299 e. The van der Waals surface area contributed by atoms with Crippen LogP contribution in [0.3, 0.4) is 0 Å². The van der Waals surface area contributed by atoms with Crippen LogP contribution in [0.25, 0.3) is 0 Å². The molecule has 0 bridgehead atoms. The normalized spacial score (nSPS) is 37.4. The molecule has 2 saturated carbocycles. The van der Waals surface area contributed by atoms with Crippen LogP contribution in [-0.2, 0) is 4.79 Å². The van der Waals surface area contributed by atoms with Crippen LogP contribution >= 0.6 is 0 Å². The van der Waals surface area contributed by atoms with Crippen LogP contribution in [0.2, 0.25) is 0 Å². The van der Waals surface area contributed by atoms with Crippen LogP contribution in [0.1, 0.15) is 66.7 Å². The summed E-state index contributed by atoms with van der Waals surface area (Å²) >= 11 is 0. The minimum Gasteiger partial charge on any atom is -0.299 e. The number of carbonyl (C=O) groups is 1. The molecule has 0 saturated heterocycles. The lowest BCUT2D eigenvalue weighted by molar-refractivity contribution is -0.129. The standard InChI is InChI=1S/C19H32O/c1-13(2)14(3)8-9-15(4)16-10-11-17-18(20)7-6-12-19(16,17)5/h8-9,13-17H,6-7,10-12H2,1-5H3/b9-8+/t14-,15+,16?,17-,19?/m0/s1. The number of carbonyl (C=O) groups excluding carboxylic acids is 1. The van der Waals surface area contributed by atoms with Crippen LogP contribution in [0.4, 0.5) is 0 Å². The van der Waals surface area contributed by atoms with Gasteiger partial charge in [-0.2, -0.15) is 0 Å². The average molecular weight is 276 g/mol. The third-order valence-corrected chi connectivity index (χ3v) is 6.34. The van der Waals surface area contributed by atoms with E-state index in [1.165, 1.54) is 12.8 Å². The molecule has 1 heteroatoms. The Labute approximate surface area is 125 Å². The van der Waals surface area contributed by atoms with Crippen molar-refractivity contribution >= 4 is 5.78 Å². The van der Waals surface area contributed by atoms with Gasteiger partial charge in [-0.15, -0.1) is 0 Å². The smallest absolute Gasteiger partial charge is 0.136 e. The second-order valence-electron chi connectivity index (χ2n) is 7.91. The first kappa shape index (κ1) is 15.8. The third-order valence-electron chi connectivity index (χ3n) is 6.34. The molecule has 2 rings (SSSR count). The summed E-state index contributed by atoms with van der Waals surface area (Å²) in [6.45, 7) is 11.6. The highest BCUT2D eigenvalue weighted by molar-refractivity contribution is 5.83. The highest BCUT2D eigenvalue weighted by Crippen LogP contribution is 2.56. The molecule has 0 radical (unpaired) electrons. The van der Waals surface area contributed by atoms with Crippen LogP contribution < -0.4 is 0 Å². The zero-order chi connectivity index (χ0) is 14.9. The SMILES string of the molecule is CC(C)[C@@H](C)/C=C/[C@@H](C)C1CC[C@H]2C(=O)CCCC12C. The quantitative estimate of drug-likeness (QED) is 0.640. The van der Waals surface area contributed by atoms with Gasteiger partial charge in [-0.25, -0.2) is 0 Å². The van der Waals surface area contributed by atoms with Gasteiger partial charge in [0.2, 0.25) is 0 Å². The highest BCUT2D eigenvalue weighted by atomic mass is 16.1. The number of hydrogen-bond acceptors (Lipinski definition) is 1. The van der Waals surface area contributed by atoms with Crippen molar-refractivity contribution in [2.45, 2.75) is 66.7 Å². The Balaban J connectivity index is 2.07. The molecule has 0 aromatic carbocycles. The Morgan fingerprint density at radius 2 is 1.85 bits per heavy atom. The fourth-order valence-corrected chi connectivity index (χ4v) is 4.54. The summed E-state index contributed by atoms with van der Waals surface area (Å²) in [7, 11) is 0. The maximum absolute atomic E-state index is 12.2. The molecule has 2 unspecified atom stereocenters. The van der Waals surface area contributed by atoms with Crippen LogP contribution in [0.15, 0.2) is 12.2 Å². The summed E-state index contributed by atoms with van der Waals surface area (Å²) in [6, 6.07) is 0. The molecular weight excluding hydrogens is 244 g/mol. The van der Waals surface area contributed by atoms with Crippen molar-refractivity contribution < 1.29 is 4.79 Å². The Kier molecular flexibility index (Phi) is 4.76. The van der Waals surface area contributed by atoms with Crippen molar-refractivity contribution in [3.05, 3.63) is 12.2 Å².